The summed E-state index contributed by atoms with van der Waals surface area (Å²) in [4.78, 5) is 76.5. The van der Waals surface area contributed by atoms with Crippen molar-refractivity contribution < 1.29 is 28.8 Å². The molecule has 0 radical (unpaired) electrons. The molecule has 2 fully saturated rings. The number of rotatable bonds is 7. The lowest BCUT2D eigenvalue weighted by Gasteiger charge is -2.29. The Bertz CT molecular complexity index is 1410. The normalized spacial score (nSPS) is 21.6. The fourth-order valence-corrected chi connectivity index (χ4v) is 5.48. The molecule has 10 heteroatoms. The van der Waals surface area contributed by atoms with Crippen LogP contribution in [0.4, 0.5) is 5.69 Å². The van der Waals surface area contributed by atoms with Crippen molar-refractivity contribution in [2.45, 2.75) is 63.6 Å². The zero-order valence-corrected chi connectivity index (χ0v) is 22.1. The minimum Gasteiger partial charge on any atom is -0.387 e. The van der Waals surface area contributed by atoms with Crippen LogP contribution in [0.1, 0.15) is 66.4 Å². The summed E-state index contributed by atoms with van der Waals surface area (Å²) in [6.45, 7) is 1.91. The molecule has 40 heavy (non-hydrogen) atoms. The summed E-state index contributed by atoms with van der Waals surface area (Å²) in [7, 11) is 0. The molecule has 2 atom stereocenters. The van der Waals surface area contributed by atoms with Gasteiger partial charge in [-0.25, -0.2) is 0 Å². The maximum atomic E-state index is 13.0. The molecule has 0 spiro atoms. The van der Waals surface area contributed by atoms with Gasteiger partial charge in [-0.3, -0.25) is 34.1 Å². The number of amides is 4. The smallest absolute Gasteiger partial charge is 0.255 e. The Balaban J connectivity index is 1.18. The minimum absolute atomic E-state index is 0.0489. The number of carbonyl (C=O) groups is 6. The number of piperidine rings is 1. The topological polar surface area (TPSA) is 142 Å². The van der Waals surface area contributed by atoms with E-state index in [2.05, 4.69) is 16.0 Å². The lowest BCUT2D eigenvalue weighted by atomic mass is 9.80. The van der Waals surface area contributed by atoms with Gasteiger partial charge in [0.2, 0.25) is 17.7 Å². The molecule has 1 unspecified atom stereocenters. The van der Waals surface area contributed by atoms with E-state index in [1.54, 1.807) is 25.1 Å². The molecular formula is C30H30N4O6. The van der Waals surface area contributed by atoms with E-state index in [4.69, 9.17) is 0 Å². The number of ketones is 2. The predicted octanol–water partition coefficient (Wildman–Crippen LogP) is 2.35. The maximum Gasteiger partial charge on any atom is 0.255 e. The van der Waals surface area contributed by atoms with Gasteiger partial charge in [0.05, 0.1) is 5.57 Å². The molecule has 1 saturated heterocycles. The lowest BCUT2D eigenvalue weighted by molar-refractivity contribution is -0.137. The number of benzene rings is 2. The molecule has 1 aliphatic carbocycles. The summed E-state index contributed by atoms with van der Waals surface area (Å²) in [6.07, 6.45) is 2.39. The number of carbonyl (C=O) groups excluding carboxylic acids is 6. The van der Waals surface area contributed by atoms with E-state index in [1.807, 2.05) is 30.3 Å². The van der Waals surface area contributed by atoms with Gasteiger partial charge in [-0.2, -0.15) is 0 Å². The first-order valence-electron chi connectivity index (χ1n) is 13.3. The Kier molecular flexibility index (Phi) is 7.59. The molecule has 5 rings (SSSR count). The molecule has 206 valence electrons. The Hall–Kier alpha value is -4.60. The number of Topliss-reactive ketones (excluding diaryl/α,β-unsaturated/α-hetero) is 2. The molecule has 3 N–H and O–H groups in total. The zero-order valence-electron chi connectivity index (χ0n) is 22.1. The van der Waals surface area contributed by atoms with Gasteiger partial charge >= 0.3 is 0 Å². The average Bonchev–Trinajstić information content (AvgIpc) is 3.25. The highest BCUT2D eigenvalue weighted by molar-refractivity contribution is 6.22. The van der Waals surface area contributed by atoms with Crippen LogP contribution in [0.5, 0.6) is 0 Å². The highest BCUT2D eigenvalue weighted by Crippen LogP contribution is 2.33. The first kappa shape index (κ1) is 27.0. The number of nitrogens with zero attached hydrogens (tertiary/aromatic N) is 1. The summed E-state index contributed by atoms with van der Waals surface area (Å²) in [5.74, 6) is -2.07. The van der Waals surface area contributed by atoms with E-state index in [0.29, 0.717) is 16.8 Å². The van der Waals surface area contributed by atoms with Crippen molar-refractivity contribution in [2.24, 2.45) is 0 Å². The zero-order chi connectivity index (χ0) is 28.4. The van der Waals surface area contributed by atoms with E-state index in [-0.39, 0.29) is 85.5 Å². The third-order valence-electron chi connectivity index (χ3n) is 7.60. The highest BCUT2D eigenvalue weighted by Gasteiger charge is 2.40. The first-order chi connectivity index (χ1) is 19.2. The number of hydrogen-bond acceptors (Lipinski definition) is 7. The third kappa shape index (κ3) is 5.56. The van der Waals surface area contributed by atoms with Crippen LogP contribution < -0.4 is 16.0 Å². The second-order valence-corrected chi connectivity index (χ2v) is 10.5. The molecular weight excluding hydrogens is 512 g/mol. The molecule has 10 nitrogen and oxygen atoms in total. The van der Waals surface area contributed by atoms with Crippen LogP contribution in [0.15, 0.2) is 60.3 Å². The molecule has 0 aromatic heterocycles. The number of anilines is 1. The Morgan fingerprint density at radius 1 is 1.02 bits per heavy atom. The van der Waals surface area contributed by atoms with Gasteiger partial charge in [-0.1, -0.05) is 36.4 Å². The van der Waals surface area contributed by atoms with E-state index in [0.717, 1.165) is 5.56 Å². The van der Waals surface area contributed by atoms with E-state index in [1.165, 1.54) is 11.1 Å². The lowest BCUT2D eigenvalue weighted by Crippen LogP contribution is -2.52. The fraction of sp³-hybridized carbons (Fsp3) is 0.333. The molecule has 2 aromatic carbocycles. The summed E-state index contributed by atoms with van der Waals surface area (Å²) in [5, 5.41) is 8.13. The van der Waals surface area contributed by atoms with Gasteiger partial charge in [0.25, 0.3) is 5.91 Å². The second kappa shape index (κ2) is 11.3. The monoisotopic (exact) mass is 542 g/mol. The van der Waals surface area contributed by atoms with Gasteiger partial charge in [0.1, 0.15) is 6.04 Å². The largest absolute Gasteiger partial charge is 0.387 e. The van der Waals surface area contributed by atoms with Crippen LogP contribution >= 0.6 is 0 Å². The van der Waals surface area contributed by atoms with Crippen LogP contribution in [-0.4, -0.2) is 52.2 Å². The Morgan fingerprint density at radius 2 is 1.75 bits per heavy atom. The highest BCUT2D eigenvalue weighted by atomic mass is 16.2. The summed E-state index contributed by atoms with van der Waals surface area (Å²) < 4.78 is 0. The first-order valence-corrected chi connectivity index (χ1v) is 13.3. The number of hydrogen-bond donors (Lipinski definition) is 3. The van der Waals surface area contributed by atoms with E-state index >= 15 is 0 Å². The number of fused-ring (bicyclic) bond motifs is 1. The van der Waals surface area contributed by atoms with Gasteiger partial charge in [-0.05, 0) is 37.0 Å². The molecule has 2 heterocycles. The molecule has 2 aromatic rings. The van der Waals surface area contributed by atoms with Gasteiger partial charge in [0.15, 0.2) is 11.6 Å². The van der Waals surface area contributed by atoms with Crippen molar-refractivity contribution in [1.82, 2.24) is 15.5 Å². The summed E-state index contributed by atoms with van der Waals surface area (Å²) in [5.41, 5.74) is 2.57. The number of allylic oxidation sites excluding steroid dienone is 1. The van der Waals surface area contributed by atoms with Crippen LogP contribution in [0.25, 0.3) is 0 Å². The van der Waals surface area contributed by atoms with Crippen molar-refractivity contribution in [3.05, 3.63) is 77.0 Å². The number of nitrogens with one attached hydrogen (secondary N) is 3. The standard InChI is InChI=1S/C30H30N4O6/c1-17(31-15-21-25(35)13-19(14-26(21)36)18-6-3-2-4-7-18)12-28(38)32-23-9-5-8-20-22(23)16-34(30(20)40)24-10-11-27(37)33-29(24)39/h2-9,15,17,19,24,31H,10-14,16H2,1H3,(H,32,38)(H,33,37,39)/t17-,19?,24?/m0/s1. The predicted molar refractivity (Wildman–Crippen MR) is 145 cm³/mol. The summed E-state index contributed by atoms with van der Waals surface area (Å²) in [6, 6.07) is 13.4. The molecule has 0 bridgehead atoms. The molecule has 2 aliphatic heterocycles. The third-order valence-corrected chi connectivity index (χ3v) is 7.60. The van der Waals surface area contributed by atoms with Crippen LogP contribution in [0.3, 0.4) is 0 Å². The van der Waals surface area contributed by atoms with Crippen molar-refractivity contribution >= 4 is 40.9 Å². The van der Waals surface area contributed by atoms with Gasteiger partial charge in [-0.15, -0.1) is 0 Å². The van der Waals surface area contributed by atoms with Crippen LogP contribution in [0.2, 0.25) is 0 Å². The van der Waals surface area contributed by atoms with Crippen molar-refractivity contribution in [3.63, 3.8) is 0 Å². The molecule has 4 amide bonds. The fourth-order valence-electron chi connectivity index (χ4n) is 5.48. The summed E-state index contributed by atoms with van der Waals surface area (Å²) >= 11 is 0. The van der Waals surface area contributed by atoms with Gasteiger partial charge < -0.3 is 15.5 Å². The van der Waals surface area contributed by atoms with Crippen LogP contribution in [0, 0.1) is 0 Å². The van der Waals surface area contributed by atoms with Crippen molar-refractivity contribution in [2.75, 3.05) is 5.32 Å². The number of imide groups is 1. The second-order valence-electron chi connectivity index (χ2n) is 10.5. The van der Waals surface area contributed by atoms with Crippen molar-refractivity contribution in [3.8, 4) is 0 Å². The molecule has 3 aliphatic rings. The molecule has 1 saturated carbocycles. The minimum atomic E-state index is -0.744. The Morgan fingerprint density at radius 3 is 2.45 bits per heavy atom. The van der Waals surface area contributed by atoms with Crippen LogP contribution in [-0.2, 0) is 30.5 Å². The quantitative estimate of drug-likeness (QED) is 0.277. The Labute approximate surface area is 231 Å². The SMILES string of the molecule is C[C@@H](CC(=O)Nc1cccc2c1CN(C1CCC(=O)NC1=O)C2=O)NC=C1C(=O)CC(c2ccccc2)CC1=O. The van der Waals surface area contributed by atoms with Gasteiger partial charge in [0, 0.05) is 61.3 Å². The average molecular weight is 543 g/mol. The van der Waals surface area contributed by atoms with E-state index in [9.17, 15) is 28.8 Å². The van der Waals surface area contributed by atoms with E-state index < -0.39 is 11.9 Å². The van der Waals surface area contributed by atoms with Crippen molar-refractivity contribution in [1.29, 1.82) is 0 Å². The maximum absolute atomic E-state index is 13.0.